The van der Waals surface area contributed by atoms with Gasteiger partial charge < -0.3 is 15.7 Å². The third-order valence-corrected chi connectivity index (χ3v) is 4.09. The summed E-state index contributed by atoms with van der Waals surface area (Å²) in [6.45, 7) is 2.41. The second-order valence-corrected chi connectivity index (χ2v) is 5.12. The number of nitrogens with two attached hydrogens (primary N) is 1. The molecule has 0 spiro atoms. The van der Waals surface area contributed by atoms with Crippen molar-refractivity contribution in [3.63, 3.8) is 0 Å². The number of nitrogens with zero attached hydrogens (tertiary/aromatic N) is 1. The van der Waals surface area contributed by atoms with Crippen LogP contribution in [-0.4, -0.2) is 35.6 Å². The molecule has 1 heterocycles. The second-order valence-electron chi connectivity index (χ2n) is 4.07. The van der Waals surface area contributed by atoms with E-state index in [1.807, 2.05) is 6.92 Å². The lowest BCUT2D eigenvalue weighted by atomic mass is 10.2. The summed E-state index contributed by atoms with van der Waals surface area (Å²) in [6.07, 6.45) is 0. The number of halogens is 1. The van der Waals surface area contributed by atoms with Crippen molar-refractivity contribution >= 4 is 33.0 Å². The fraction of sp³-hybridized carbons (Fsp3) is 0.308. The lowest BCUT2D eigenvalue weighted by Gasteiger charge is -2.18. The molecular formula is C13H15FN2O2S. The van der Waals surface area contributed by atoms with Gasteiger partial charge in [-0.05, 0) is 19.1 Å². The fourth-order valence-electron chi connectivity index (χ4n) is 1.96. The number of carbonyl (C=O) groups excluding carboxylic acids is 1. The molecule has 0 bridgehead atoms. The minimum Gasteiger partial charge on any atom is -0.397 e. The molecule has 2 aromatic rings. The van der Waals surface area contributed by atoms with Crippen molar-refractivity contribution in [2.75, 3.05) is 25.4 Å². The SMILES string of the molecule is CCN(CCO)C(=O)c1sc2cccc(F)c2c1N. The van der Waals surface area contributed by atoms with Crippen molar-refractivity contribution in [2.24, 2.45) is 0 Å². The van der Waals surface area contributed by atoms with Crippen LogP contribution >= 0.6 is 11.3 Å². The van der Waals surface area contributed by atoms with Crippen LogP contribution in [0.1, 0.15) is 16.6 Å². The summed E-state index contributed by atoms with van der Waals surface area (Å²) in [7, 11) is 0. The van der Waals surface area contributed by atoms with E-state index in [2.05, 4.69) is 0 Å². The van der Waals surface area contributed by atoms with E-state index in [1.54, 1.807) is 12.1 Å². The summed E-state index contributed by atoms with van der Waals surface area (Å²) in [4.78, 5) is 14.1. The molecule has 0 atom stereocenters. The summed E-state index contributed by atoms with van der Waals surface area (Å²) >= 11 is 1.18. The minimum absolute atomic E-state index is 0.112. The van der Waals surface area contributed by atoms with Crippen LogP contribution in [0, 0.1) is 5.82 Å². The Kier molecular flexibility index (Phi) is 4.01. The van der Waals surface area contributed by atoms with Gasteiger partial charge >= 0.3 is 0 Å². The highest BCUT2D eigenvalue weighted by Gasteiger charge is 2.22. The summed E-state index contributed by atoms with van der Waals surface area (Å²) < 4.78 is 14.4. The van der Waals surface area contributed by atoms with Crippen molar-refractivity contribution in [2.45, 2.75) is 6.92 Å². The number of fused-ring (bicyclic) bond motifs is 1. The molecule has 102 valence electrons. The molecule has 0 fully saturated rings. The molecule has 0 radical (unpaired) electrons. The van der Waals surface area contributed by atoms with E-state index in [0.29, 0.717) is 21.5 Å². The predicted octanol–water partition coefficient (Wildman–Crippen LogP) is 2.08. The van der Waals surface area contributed by atoms with E-state index in [-0.39, 0.29) is 24.7 Å². The molecule has 2 rings (SSSR count). The lowest BCUT2D eigenvalue weighted by Crippen LogP contribution is -2.33. The Morgan fingerprint density at radius 1 is 1.53 bits per heavy atom. The smallest absolute Gasteiger partial charge is 0.266 e. The number of nitrogen functional groups attached to an aromatic ring is 1. The molecule has 3 N–H and O–H groups in total. The number of anilines is 1. The van der Waals surface area contributed by atoms with Crippen LogP contribution < -0.4 is 5.73 Å². The number of thiophene rings is 1. The van der Waals surface area contributed by atoms with Crippen LogP contribution in [0.2, 0.25) is 0 Å². The highest BCUT2D eigenvalue weighted by molar-refractivity contribution is 7.21. The van der Waals surface area contributed by atoms with Gasteiger partial charge in [-0.15, -0.1) is 11.3 Å². The second kappa shape index (κ2) is 5.54. The average Bonchev–Trinajstić information content (AvgIpc) is 2.74. The standard InChI is InChI=1S/C13H15FN2O2S/c1-2-16(6-7-17)13(18)12-11(15)10-8(14)4-3-5-9(10)19-12/h3-5,17H,2,6-7,15H2,1H3. The van der Waals surface area contributed by atoms with E-state index in [0.717, 1.165) is 0 Å². The molecule has 0 saturated carbocycles. The fourth-order valence-corrected chi connectivity index (χ4v) is 3.06. The van der Waals surface area contributed by atoms with Crippen LogP contribution in [0.3, 0.4) is 0 Å². The largest absolute Gasteiger partial charge is 0.397 e. The van der Waals surface area contributed by atoms with E-state index in [4.69, 9.17) is 10.8 Å². The van der Waals surface area contributed by atoms with Gasteiger partial charge in [0.2, 0.25) is 0 Å². The number of rotatable bonds is 4. The molecule has 6 heteroatoms. The number of aliphatic hydroxyl groups excluding tert-OH is 1. The lowest BCUT2D eigenvalue weighted by molar-refractivity contribution is 0.0738. The predicted molar refractivity (Wildman–Crippen MR) is 74.9 cm³/mol. The number of aliphatic hydroxyl groups is 1. The maximum absolute atomic E-state index is 13.7. The number of likely N-dealkylation sites (N-methyl/N-ethyl adjacent to an activating group) is 1. The van der Waals surface area contributed by atoms with Gasteiger partial charge in [0, 0.05) is 17.8 Å². The van der Waals surface area contributed by atoms with E-state index in [1.165, 1.54) is 22.3 Å². The van der Waals surface area contributed by atoms with E-state index >= 15 is 0 Å². The molecule has 0 aliphatic rings. The van der Waals surface area contributed by atoms with E-state index < -0.39 is 5.82 Å². The Hall–Kier alpha value is -1.66. The molecular weight excluding hydrogens is 267 g/mol. The van der Waals surface area contributed by atoms with Gasteiger partial charge in [0.15, 0.2) is 0 Å². The number of benzene rings is 1. The van der Waals surface area contributed by atoms with Crippen LogP contribution in [0.5, 0.6) is 0 Å². The first-order valence-corrected chi connectivity index (χ1v) is 6.78. The first-order valence-electron chi connectivity index (χ1n) is 5.96. The third-order valence-electron chi connectivity index (χ3n) is 2.93. The zero-order valence-electron chi connectivity index (χ0n) is 10.5. The van der Waals surface area contributed by atoms with Crippen LogP contribution in [0.4, 0.5) is 10.1 Å². The average molecular weight is 282 g/mol. The van der Waals surface area contributed by atoms with Crippen molar-refractivity contribution in [1.29, 1.82) is 0 Å². The Morgan fingerprint density at radius 3 is 2.84 bits per heavy atom. The van der Waals surface area contributed by atoms with Crippen molar-refractivity contribution in [3.05, 3.63) is 28.9 Å². The van der Waals surface area contributed by atoms with Gasteiger partial charge in [0.1, 0.15) is 10.7 Å². The molecule has 19 heavy (non-hydrogen) atoms. The Bertz CT molecular complexity index is 612. The summed E-state index contributed by atoms with van der Waals surface area (Å²) in [5.74, 6) is -0.690. The van der Waals surface area contributed by atoms with Gasteiger partial charge in [-0.2, -0.15) is 0 Å². The summed E-state index contributed by atoms with van der Waals surface area (Å²) in [6, 6.07) is 4.65. The van der Waals surface area contributed by atoms with Crippen molar-refractivity contribution < 1.29 is 14.3 Å². The van der Waals surface area contributed by atoms with Gasteiger partial charge in [-0.1, -0.05) is 6.07 Å². The molecule has 1 aromatic carbocycles. The summed E-state index contributed by atoms with van der Waals surface area (Å²) in [5, 5.41) is 9.24. The Morgan fingerprint density at radius 2 is 2.26 bits per heavy atom. The number of carbonyl (C=O) groups is 1. The molecule has 4 nitrogen and oxygen atoms in total. The Labute approximate surface area is 114 Å². The van der Waals surface area contributed by atoms with Gasteiger partial charge in [-0.3, -0.25) is 4.79 Å². The first-order chi connectivity index (χ1) is 9.10. The topological polar surface area (TPSA) is 66.6 Å². The quantitative estimate of drug-likeness (QED) is 0.902. The van der Waals surface area contributed by atoms with Gasteiger partial charge in [0.05, 0.1) is 17.7 Å². The van der Waals surface area contributed by atoms with Crippen molar-refractivity contribution in [3.8, 4) is 0 Å². The third kappa shape index (κ3) is 2.41. The zero-order valence-corrected chi connectivity index (χ0v) is 11.3. The number of amides is 1. The van der Waals surface area contributed by atoms with Gasteiger partial charge in [0.25, 0.3) is 5.91 Å². The molecule has 0 aliphatic heterocycles. The van der Waals surface area contributed by atoms with Crippen LogP contribution in [0.15, 0.2) is 18.2 Å². The first kappa shape index (κ1) is 13.8. The van der Waals surface area contributed by atoms with E-state index in [9.17, 15) is 9.18 Å². The number of hydrogen-bond acceptors (Lipinski definition) is 4. The monoisotopic (exact) mass is 282 g/mol. The van der Waals surface area contributed by atoms with Crippen LogP contribution in [0.25, 0.3) is 10.1 Å². The van der Waals surface area contributed by atoms with Crippen LogP contribution in [-0.2, 0) is 0 Å². The zero-order chi connectivity index (χ0) is 14.0. The Balaban J connectivity index is 2.48. The number of hydrogen-bond donors (Lipinski definition) is 2. The maximum atomic E-state index is 13.7. The maximum Gasteiger partial charge on any atom is 0.266 e. The van der Waals surface area contributed by atoms with Gasteiger partial charge in [-0.25, -0.2) is 4.39 Å². The molecule has 1 amide bonds. The minimum atomic E-state index is -0.421. The highest BCUT2D eigenvalue weighted by Crippen LogP contribution is 2.35. The molecule has 0 aliphatic carbocycles. The molecule has 0 unspecified atom stereocenters. The van der Waals surface area contributed by atoms with Crippen molar-refractivity contribution in [1.82, 2.24) is 4.90 Å². The summed E-state index contributed by atoms with van der Waals surface area (Å²) in [5.41, 5.74) is 6.07. The highest BCUT2D eigenvalue weighted by atomic mass is 32.1. The molecule has 0 saturated heterocycles. The molecule has 1 aromatic heterocycles. The normalized spacial score (nSPS) is 10.9.